The van der Waals surface area contributed by atoms with Gasteiger partial charge in [0, 0.05) is 31.9 Å². The van der Waals surface area contributed by atoms with Crippen LogP contribution in [-0.2, 0) is 6.42 Å². The number of benzene rings is 1. The lowest BCUT2D eigenvalue weighted by Gasteiger charge is -2.37. The van der Waals surface area contributed by atoms with Gasteiger partial charge in [-0.05, 0) is 17.7 Å². The summed E-state index contributed by atoms with van der Waals surface area (Å²) in [6, 6.07) is 13.6. The Morgan fingerprint density at radius 3 is 2.75 bits per heavy atom. The molecule has 1 aliphatic rings. The van der Waals surface area contributed by atoms with E-state index in [1.54, 1.807) is 29.4 Å². The molecule has 1 saturated heterocycles. The highest BCUT2D eigenvalue weighted by atomic mass is 16.5. The van der Waals surface area contributed by atoms with Crippen molar-refractivity contribution in [1.82, 2.24) is 20.0 Å². The van der Waals surface area contributed by atoms with Crippen LogP contribution in [0, 0.1) is 0 Å². The number of hydrogen-bond acceptors (Lipinski definition) is 5. The van der Waals surface area contributed by atoms with E-state index in [9.17, 15) is 4.79 Å². The second kappa shape index (κ2) is 6.23. The highest BCUT2D eigenvalue weighted by molar-refractivity contribution is 5.94. The molecular weight excluding hydrogens is 304 g/mol. The van der Waals surface area contributed by atoms with Gasteiger partial charge >= 0.3 is 0 Å². The summed E-state index contributed by atoms with van der Waals surface area (Å²) >= 11 is 0. The minimum absolute atomic E-state index is 0.0108. The van der Waals surface area contributed by atoms with Crippen molar-refractivity contribution < 1.29 is 9.32 Å². The third kappa shape index (κ3) is 2.90. The summed E-state index contributed by atoms with van der Waals surface area (Å²) < 4.78 is 5.36. The average Bonchev–Trinajstić information content (AvgIpc) is 3.03. The number of pyridine rings is 1. The number of nitrogens with zero attached hydrogens (tertiary/aromatic N) is 4. The molecular formula is C18H16N4O2. The molecule has 0 atom stereocenters. The molecule has 1 fully saturated rings. The first-order valence-corrected chi connectivity index (χ1v) is 7.85. The Bertz CT molecular complexity index is 826. The van der Waals surface area contributed by atoms with E-state index in [1.165, 1.54) is 0 Å². The molecule has 1 aliphatic heterocycles. The van der Waals surface area contributed by atoms with Gasteiger partial charge in [0.05, 0.1) is 11.5 Å². The second-order valence-corrected chi connectivity index (χ2v) is 5.86. The standard InChI is InChI=1S/C18H16N4O2/c23-18(14-7-4-8-19-10-14)22-11-15(12-22)17-20-16(21-24-17)9-13-5-2-1-3-6-13/h1-8,10,15H,9,11-12H2. The van der Waals surface area contributed by atoms with Crippen LogP contribution in [0.5, 0.6) is 0 Å². The predicted octanol–water partition coefficient (Wildman–Crippen LogP) is 2.29. The van der Waals surface area contributed by atoms with Crippen molar-refractivity contribution in [3.05, 3.63) is 77.7 Å². The third-order valence-electron chi connectivity index (χ3n) is 4.12. The lowest BCUT2D eigenvalue weighted by atomic mass is 9.99. The zero-order chi connectivity index (χ0) is 16.4. The van der Waals surface area contributed by atoms with Crippen molar-refractivity contribution in [3.8, 4) is 0 Å². The van der Waals surface area contributed by atoms with Crippen LogP contribution in [0.1, 0.15) is 33.6 Å². The number of hydrogen-bond donors (Lipinski definition) is 0. The van der Waals surface area contributed by atoms with E-state index in [0.717, 1.165) is 5.56 Å². The van der Waals surface area contributed by atoms with Crippen LogP contribution < -0.4 is 0 Å². The van der Waals surface area contributed by atoms with Crippen LogP contribution >= 0.6 is 0 Å². The summed E-state index contributed by atoms with van der Waals surface area (Å²) in [5.74, 6) is 1.38. The van der Waals surface area contributed by atoms with E-state index in [1.807, 2.05) is 30.3 Å². The van der Waals surface area contributed by atoms with Gasteiger partial charge in [0.2, 0.25) is 5.89 Å². The van der Waals surface area contributed by atoms with Gasteiger partial charge in [-0.25, -0.2) is 0 Å². The first-order chi connectivity index (χ1) is 11.8. The van der Waals surface area contributed by atoms with Gasteiger partial charge in [0.25, 0.3) is 5.91 Å². The minimum atomic E-state index is -0.0108. The number of rotatable bonds is 4. The monoisotopic (exact) mass is 320 g/mol. The zero-order valence-electron chi connectivity index (χ0n) is 13.0. The Balaban J connectivity index is 1.37. The van der Waals surface area contributed by atoms with Crippen LogP contribution in [0.3, 0.4) is 0 Å². The molecule has 0 aliphatic carbocycles. The highest BCUT2D eigenvalue weighted by Gasteiger charge is 2.36. The molecule has 0 unspecified atom stereocenters. The quantitative estimate of drug-likeness (QED) is 0.737. The van der Waals surface area contributed by atoms with Gasteiger partial charge in [-0.3, -0.25) is 9.78 Å². The van der Waals surface area contributed by atoms with Crippen molar-refractivity contribution >= 4 is 5.91 Å². The molecule has 2 aromatic heterocycles. The summed E-state index contributed by atoms with van der Waals surface area (Å²) in [6.07, 6.45) is 3.89. The van der Waals surface area contributed by atoms with Crippen molar-refractivity contribution in [2.75, 3.05) is 13.1 Å². The Morgan fingerprint density at radius 2 is 2.00 bits per heavy atom. The third-order valence-corrected chi connectivity index (χ3v) is 4.12. The van der Waals surface area contributed by atoms with Crippen molar-refractivity contribution in [2.24, 2.45) is 0 Å². The van der Waals surface area contributed by atoms with Gasteiger partial charge in [-0.2, -0.15) is 4.98 Å². The van der Waals surface area contributed by atoms with Gasteiger partial charge in [0.1, 0.15) is 0 Å². The fourth-order valence-corrected chi connectivity index (χ4v) is 2.76. The maximum atomic E-state index is 12.3. The van der Waals surface area contributed by atoms with Crippen LogP contribution in [0.25, 0.3) is 0 Å². The summed E-state index contributed by atoms with van der Waals surface area (Å²) in [5.41, 5.74) is 1.75. The molecule has 0 saturated carbocycles. The van der Waals surface area contributed by atoms with E-state index >= 15 is 0 Å². The van der Waals surface area contributed by atoms with Gasteiger partial charge < -0.3 is 9.42 Å². The Morgan fingerprint density at radius 1 is 1.17 bits per heavy atom. The molecule has 6 nitrogen and oxygen atoms in total. The second-order valence-electron chi connectivity index (χ2n) is 5.86. The summed E-state index contributed by atoms with van der Waals surface area (Å²) in [4.78, 5) is 22.5. The topological polar surface area (TPSA) is 72.1 Å². The summed E-state index contributed by atoms with van der Waals surface area (Å²) in [7, 11) is 0. The summed E-state index contributed by atoms with van der Waals surface area (Å²) in [6.45, 7) is 1.20. The van der Waals surface area contributed by atoms with E-state index in [-0.39, 0.29) is 11.8 Å². The molecule has 4 rings (SSSR count). The predicted molar refractivity (Wildman–Crippen MR) is 86.4 cm³/mol. The van der Waals surface area contributed by atoms with E-state index in [2.05, 4.69) is 15.1 Å². The Hall–Kier alpha value is -3.02. The van der Waals surface area contributed by atoms with Crippen molar-refractivity contribution in [2.45, 2.75) is 12.3 Å². The van der Waals surface area contributed by atoms with Gasteiger partial charge in [-0.15, -0.1) is 0 Å². The molecule has 3 aromatic rings. The van der Waals surface area contributed by atoms with E-state index < -0.39 is 0 Å². The van der Waals surface area contributed by atoms with E-state index in [4.69, 9.17) is 4.52 Å². The van der Waals surface area contributed by atoms with Crippen molar-refractivity contribution in [1.29, 1.82) is 0 Å². The lowest BCUT2D eigenvalue weighted by molar-refractivity contribution is 0.0569. The molecule has 1 aromatic carbocycles. The summed E-state index contributed by atoms with van der Waals surface area (Å²) in [5, 5.41) is 4.04. The first kappa shape index (κ1) is 14.6. The Labute approximate surface area is 139 Å². The molecule has 0 spiro atoms. The average molecular weight is 320 g/mol. The highest BCUT2D eigenvalue weighted by Crippen LogP contribution is 2.27. The number of carbonyl (C=O) groups is 1. The molecule has 0 bridgehead atoms. The fraction of sp³-hybridized carbons (Fsp3) is 0.222. The molecule has 3 heterocycles. The lowest BCUT2D eigenvalue weighted by Crippen LogP contribution is -2.48. The van der Waals surface area contributed by atoms with Crippen LogP contribution in [0.4, 0.5) is 0 Å². The minimum Gasteiger partial charge on any atom is -0.339 e. The SMILES string of the molecule is O=C(c1cccnc1)N1CC(c2nc(Cc3ccccc3)no2)C1. The van der Waals surface area contributed by atoms with Crippen LogP contribution in [-0.4, -0.2) is 39.0 Å². The maximum Gasteiger partial charge on any atom is 0.255 e. The largest absolute Gasteiger partial charge is 0.339 e. The number of likely N-dealkylation sites (tertiary alicyclic amines) is 1. The maximum absolute atomic E-state index is 12.3. The van der Waals surface area contributed by atoms with Crippen molar-refractivity contribution in [3.63, 3.8) is 0 Å². The van der Waals surface area contributed by atoms with Gasteiger partial charge in [-0.1, -0.05) is 35.5 Å². The van der Waals surface area contributed by atoms with Crippen LogP contribution in [0.15, 0.2) is 59.4 Å². The molecule has 0 radical (unpaired) electrons. The van der Waals surface area contributed by atoms with E-state index in [0.29, 0.717) is 36.8 Å². The molecule has 120 valence electrons. The zero-order valence-corrected chi connectivity index (χ0v) is 13.0. The number of aromatic nitrogens is 3. The molecule has 0 N–H and O–H groups in total. The van der Waals surface area contributed by atoms with Crippen LogP contribution in [0.2, 0.25) is 0 Å². The first-order valence-electron chi connectivity index (χ1n) is 7.85. The smallest absolute Gasteiger partial charge is 0.255 e. The molecule has 1 amide bonds. The number of amides is 1. The van der Waals surface area contributed by atoms with Gasteiger partial charge in [0.15, 0.2) is 5.82 Å². The molecule has 24 heavy (non-hydrogen) atoms. The molecule has 6 heteroatoms. The normalized spacial score (nSPS) is 14.4. The fourth-order valence-electron chi connectivity index (χ4n) is 2.76. The number of carbonyl (C=O) groups excluding carboxylic acids is 1. The Kier molecular flexibility index (Phi) is 3.78.